The van der Waals surface area contributed by atoms with Gasteiger partial charge in [-0.2, -0.15) is 0 Å². The molecule has 1 atom stereocenters. The first kappa shape index (κ1) is 10.4. The van der Waals surface area contributed by atoms with Gasteiger partial charge in [0.1, 0.15) is 12.4 Å². The van der Waals surface area contributed by atoms with Crippen LogP contribution in [0.2, 0.25) is 0 Å². The Hall–Kier alpha value is -1.16. The van der Waals surface area contributed by atoms with Crippen molar-refractivity contribution in [2.75, 3.05) is 6.61 Å². The Kier molecular flexibility index (Phi) is 2.61. The average molecular weight is 213 g/mol. The molecule has 1 aliphatic rings. The molecular weight excluding hydrogens is 200 g/mol. The van der Waals surface area contributed by atoms with Gasteiger partial charge in [0.2, 0.25) is 0 Å². The molecule has 0 saturated heterocycles. The van der Waals surface area contributed by atoms with E-state index in [1.807, 2.05) is 13.8 Å². The molecule has 0 radical (unpaired) electrons. The van der Waals surface area contributed by atoms with Crippen molar-refractivity contribution in [2.45, 2.75) is 25.9 Å². The van der Waals surface area contributed by atoms with Crippen molar-refractivity contribution < 1.29 is 13.5 Å². The normalized spacial score (nSPS) is 19.1. The fourth-order valence-corrected chi connectivity index (χ4v) is 1.80. The third-order valence-electron chi connectivity index (χ3n) is 2.37. The molecule has 0 fully saturated rings. The maximum atomic E-state index is 13.5. The summed E-state index contributed by atoms with van der Waals surface area (Å²) in [4.78, 5) is 0. The standard InChI is InChI=1S/C11H13F2NO/c1-6(2)14-9-5-15-11-8(13)4-3-7(12)10(9)11/h3-4,6,9,14H,5H2,1-2H3. The second-order valence-corrected chi connectivity index (χ2v) is 3.96. The number of halogens is 2. The number of fused-ring (bicyclic) bond motifs is 1. The number of hydrogen-bond donors (Lipinski definition) is 1. The molecule has 1 aromatic rings. The molecule has 0 aliphatic carbocycles. The highest BCUT2D eigenvalue weighted by Crippen LogP contribution is 2.36. The fraction of sp³-hybridized carbons (Fsp3) is 0.455. The lowest BCUT2D eigenvalue weighted by Gasteiger charge is -2.14. The fourth-order valence-electron chi connectivity index (χ4n) is 1.80. The molecule has 2 rings (SSSR count). The van der Waals surface area contributed by atoms with E-state index in [1.165, 1.54) is 0 Å². The van der Waals surface area contributed by atoms with Crippen LogP contribution in [0.25, 0.3) is 0 Å². The van der Waals surface area contributed by atoms with Gasteiger partial charge in [0.05, 0.1) is 11.6 Å². The second-order valence-electron chi connectivity index (χ2n) is 3.96. The Labute approximate surface area is 87.2 Å². The van der Waals surface area contributed by atoms with Gasteiger partial charge in [0.25, 0.3) is 0 Å². The Bertz CT molecular complexity index is 379. The lowest BCUT2D eigenvalue weighted by molar-refractivity contribution is 0.293. The highest BCUT2D eigenvalue weighted by molar-refractivity contribution is 5.41. The van der Waals surface area contributed by atoms with E-state index in [9.17, 15) is 8.78 Å². The minimum atomic E-state index is -0.501. The second kappa shape index (κ2) is 3.77. The molecule has 0 bridgehead atoms. The third-order valence-corrected chi connectivity index (χ3v) is 2.37. The van der Waals surface area contributed by atoms with Crippen LogP contribution in [0.4, 0.5) is 8.78 Å². The van der Waals surface area contributed by atoms with Crippen molar-refractivity contribution in [3.63, 3.8) is 0 Å². The van der Waals surface area contributed by atoms with Crippen LogP contribution in [0.15, 0.2) is 12.1 Å². The molecule has 4 heteroatoms. The average Bonchev–Trinajstić information content (AvgIpc) is 2.56. The van der Waals surface area contributed by atoms with E-state index in [4.69, 9.17) is 4.74 Å². The predicted molar refractivity (Wildman–Crippen MR) is 52.9 cm³/mol. The van der Waals surface area contributed by atoms with Gasteiger partial charge in [-0.25, -0.2) is 8.78 Å². The molecule has 1 aliphatic heterocycles. The first-order valence-electron chi connectivity index (χ1n) is 4.96. The highest BCUT2D eigenvalue weighted by Gasteiger charge is 2.30. The van der Waals surface area contributed by atoms with Crippen LogP contribution in [0.1, 0.15) is 25.5 Å². The van der Waals surface area contributed by atoms with Gasteiger partial charge in [-0.05, 0) is 12.1 Å². The first-order valence-corrected chi connectivity index (χ1v) is 4.96. The Morgan fingerprint density at radius 2 is 2.00 bits per heavy atom. The maximum absolute atomic E-state index is 13.5. The molecule has 82 valence electrons. The van der Waals surface area contributed by atoms with Crippen LogP contribution >= 0.6 is 0 Å². The van der Waals surface area contributed by atoms with Crippen molar-refractivity contribution in [1.29, 1.82) is 0 Å². The largest absolute Gasteiger partial charge is 0.488 e. The first-order chi connectivity index (χ1) is 7.09. The minimum Gasteiger partial charge on any atom is -0.488 e. The maximum Gasteiger partial charge on any atom is 0.165 e. The lowest BCUT2D eigenvalue weighted by atomic mass is 10.1. The number of nitrogens with one attached hydrogen (secondary N) is 1. The zero-order valence-electron chi connectivity index (χ0n) is 8.68. The summed E-state index contributed by atoms with van der Waals surface area (Å²) in [6.07, 6.45) is 0. The van der Waals surface area contributed by atoms with Crippen molar-refractivity contribution in [3.8, 4) is 5.75 Å². The molecule has 1 N–H and O–H groups in total. The third kappa shape index (κ3) is 1.81. The smallest absolute Gasteiger partial charge is 0.165 e. The topological polar surface area (TPSA) is 21.3 Å². The summed E-state index contributed by atoms with van der Waals surface area (Å²) in [6.45, 7) is 4.19. The molecule has 0 aromatic heterocycles. The van der Waals surface area contributed by atoms with Gasteiger partial charge in [0, 0.05) is 6.04 Å². The van der Waals surface area contributed by atoms with Crippen molar-refractivity contribution in [1.82, 2.24) is 5.32 Å². The van der Waals surface area contributed by atoms with E-state index in [0.29, 0.717) is 5.56 Å². The van der Waals surface area contributed by atoms with Crippen LogP contribution in [-0.2, 0) is 0 Å². The van der Waals surface area contributed by atoms with Crippen molar-refractivity contribution in [3.05, 3.63) is 29.3 Å². The molecule has 15 heavy (non-hydrogen) atoms. The highest BCUT2D eigenvalue weighted by atomic mass is 19.1. The predicted octanol–water partition coefficient (Wildman–Crippen LogP) is 2.40. The molecule has 0 amide bonds. The Balaban J connectivity index is 2.37. The van der Waals surface area contributed by atoms with Gasteiger partial charge in [-0.15, -0.1) is 0 Å². The molecule has 1 heterocycles. The van der Waals surface area contributed by atoms with Gasteiger partial charge < -0.3 is 10.1 Å². The number of benzene rings is 1. The molecule has 0 saturated carbocycles. The van der Waals surface area contributed by atoms with E-state index in [2.05, 4.69) is 5.32 Å². The van der Waals surface area contributed by atoms with Gasteiger partial charge >= 0.3 is 0 Å². The van der Waals surface area contributed by atoms with Crippen LogP contribution in [0.5, 0.6) is 5.75 Å². The van der Waals surface area contributed by atoms with Crippen LogP contribution in [0.3, 0.4) is 0 Å². The van der Waals surface area contributed by atoms with E-state index in [0.717, 1.165) is 12.1 Å². The molecule has 0 spiro atoms. The van der Waals surface area contributed by atoms with Gasteiger partial charge in [-0.1, -0.05) is 13.8 Å². The lowest BCUT2D eigenvalue weighted by Crippen LogP contribution is -2.29. The molecule has 2 nitrogen and oxygen atoms in total. The SMILES string of the molecule is CC(C)NC1COc2c(F)ccc(F)c21. The molecule has 1 unspecified atom stereocenters. The quantitative estimate of drug-likeness (QED) is 0.814. The Morgan fingerprint density at radius 1 is 1.33 bits per heavy atom. The Morgan fingerprint density at radius 3 is 2.67 bits per heavy atom. The van der Waals surface area contributed by atoms with Crippen molar-refractivity contribution in [2.24, 2.45) is 0 Å². The summed E-state index contributed by atoms with van der Waals surface area (Å²) in [5, 5.41) is 3.13. The summed E-state index contributed by atoms with van der Waals surface area (Å²) >= 11 is 0. The van der Waals surface area contributed by atoms with Crippen molar-refractivity contribution >= 4 is 0 Å². The van der Waals surface area contributed by atoms with Crippen LogP contribution < -0.4 is 10.1 Å². The minimum absolute atomic E-state index is 0.0492. The van der Waals surface area contributed by atoms with Gasteiger partial charge in [-0.3, -0.25) is 0 Å². The summed E-state index contributed by atoms with van der Waals surface area (Å²) in [5.74, 6) is -0.866. The van der Waals surface area contributed by atoms with Gasteiger partial charge in [0.15, 0.2) is 11.6 Å². The summed E-state index contributed by atoms with van der Waals surface area (Å²) in [6, 6.07) is 2.17. The van der Waals surface area contributed by atoms with E-state index in [1.54, 1.807) is 0 Å². The van der Waals surface area contributed by atoms with E-state index >= 15 is 0 Å². The number of ether oxygens (including phenoxy) is 1. The van der Waals surface area contributed by atoms with Crippen LogP contribution in [-0.4, -0.2) is 12.6 Å². The summed E-state index contributed by atoms with van der Waals surface area (Å²) in [7, 11) is 0. The molecular formula is C11H13F2NO. The number of hydrogen-bond acceptors (Lipinski definition) is 2. The van der Waals surface area contributed by atoms with E-state index < -0.39 is 11.6 Å². The zero-order chi connectivity index (χ0) is 11.0. The summed E-state index contributed by atoms with van der Waals surface area (Å²) < 4.78 is 31.9. The summed E-state index contributed by atoms with van der Waals surface area (Å²) in [5.41, 5.74) is 0.309. The monoisotopic (exact) mass is 213 g/mol. The van der Waals surface area contributed by atoms with Crippen LogP contribution in [0, 0.1) is 11.6 Å². The zero-order valence-corrected chi connectivity index (χ0v) is 8.68. The van der Waals surface area contributed by atoms with E-state index in [-0.39, 0.29) is 24.4 Å². The number of rotatable bonds is 2. The molecule has 1 aromatic carbocycles.